The molecule has 1 N–H and O–H groups in total. The molecule has 3 aromatic rings. The summed E-state index contributed by atoms with van der Waals surface area (Å²) < 4.78 is 14.9. The fraction of sp³-hybridized carbons (Fsp3) is 0.400. The number of amides is 1. The standard InChI is InChI=1S/C20H22FN5OS/c1-12-13(2)24-25-16-5-4-14(10-15(12)16)17-11-22-19(28-17)23-18(27)20(21)6-8-26(3)9-7-20/h4-5,10-11H,6-9H2,1-3H3,(H,22,23,27). The Labute approximate surface area is 166 Å². The lowest BCUT2D eigenvalue weighted by Crippen LogP contribution is -2.47. The Morgan fingerprint density at radius 2 is 2.00 bits per heavy atom. The first-order valence-corrected chi connectivity index (χ1v) is 10.1. The molecule has 1 aliphatic rings. The lowest BCUT2D eigenvalue weighted by molar-refractivity contribution is -0.130. The van der Waals surface area contributed by atoms with Crippen molar-refractivity contribution in [2.75, 3.05) is 25.5 Å². The van der Waals surface area contributed by atoms with E-state index in [1.165, 1.54) is 11.3 Å². The molecule has 1 amide bonds. The van der Waals surface area contributed by atoms with E-state index in [0.717, 1.165) is 32.6 Å². The summed E-state index contributed by atoms with van der Waals surface area (Å²) in [6, 6.07) is 5.94. The lowest BCUT2D eigenvalue weighted by Gasteiger charge is -2.32. The van der Waals surface area contributed by atoms with Gasteiger partial charge in [-0.3, -0.25) is 10.1 Å². The van der Waals surface area contributed by atoms with E-state index >= 15 is 0 Å². The van der Waals surface area contributed by atoms with Gasteiger partial charge in [-0.25, -0.2) is 9.37 Å². The van der Waals surface area contributed by atoms with E-state index in [4.69, 9.17) is 0 Å². The first-order valence-electron chi connectivity index (χ1n) is 9.24. The Morgan fingerprint density at radius 1 is 1.25 bits per heavy atom. The zero-order valence-corrected chi connectivity index (χ0v) is 16.9. The number of halogens is 1. The summed E-state index contributed by atoms with van der Waals surface area (Å²) in [5.74, 6) is -0.596. The number of rotatable bonds is 3. The zero-order valence-electron chi connectivity index (χ0n) is 16.1. The molecule has 1 aromatic carbocycles. The van der Waals surface area contributed by atoms with E-state index in [1.54, 1.807) is 6.20 Å². The minimum atomic E-state index is -1.82. The molecule has 8 heteroatoms. The number of fused-ring (bicyclic) bond motifs is 1. The van der Waals surface area contributed by atoms with Crippen molar-refractivity contribution in [2.45, 2.75) is 32.4 Å². The third kappa shape index (κ3) is 3.49. The van der Waals surface area contributed by atoms with Gasteiger partial charge in [0.2, 0.25) is 0 Å². The van der Waals surface area contributed by atoms with Crippen LogP contribution in [0.2, 0.25) is 0 Å². The minimum Gasteiger partial charge on any atom is -0.306 e. The third-order valence-corrected chi connectivity index (χ3v) is 6.41. The molecular formula is C20H22FN5OS. The molecule has 1 aliphatic heterocycles. The van der Waals surface area contributed by atoms with E-state index in [1.807, 2.05) is 37.9 Å². The van der Waals surface area contributed by atoms with Gasteiger partial charge in [0.05, 0.1) is 16.1 Å². The monoisotopic (exact) mass is 399 g/mol. The van der Waals surface area contributed by atoms with Gasteiger partial charge in [-0.1, -0.05) is 17.4 Å². The quantitative estimate of drug-likeness (QED) is 0.726. The van der Waals surface area contributed by atoms with Gasteiger partial charge in [0.25, 0.3) is 5.91 Å². The van der Waals surface area contributed by atoms with E-state index in [2.05, 4.69) is 26.6 Å². The second-order valence-electron chi connectivity index (χ2n) is 7.39. The first-order chi connectivity index (χ1) is 13.4. The molecular weight excluding hydrogens is 377 g/mol. The van der Waals surface area contributed by atoms with E-state index < -0.39 is 11.6 Å². The summed E-state index contributed by atoms with van der Waals surface area (Å²) in [5.41, 5.74) is 1.98. The smallest absolute Gasteiger partial charge is 0.263 e. The Balaban J connectivity index is 1.55. The highest BCUT2D eigenvalue weighted by Crippen LogP contribution is 2.33. The number of nitrogens with one attached hydrogen (secondary N) is 1. The highest BCUT2D eigenvalue weighted by atomic mass is 32.1. The fourth-order valence-electron chi connectivity index (χ4n) is 3.35. The Morgan fingerprint density at radius 3 is 2.75 bits per heavy atom. The predicted molar refractivity (Wildman–Crippen MR) is 109 cm³/mol. The van der Waals surface area contributed by atoms with Crippen molar-refractivity contribution in [3.8, 4) is 10.4 Å². The largest absolute Gasteiger partial charge is 0.306 e. The summed E-state index contributed by atoms with van der Waals surface area (Å²) in [6.07, 6.45) is 2.12. The van der Waals surface area contributed by atoms with Crippen molar-refractivity contribution in [2.24, 2.45) is 0 Å². The number of nitrogens with zero attached hydrogens (tertiary/aromatic N) is 4. The van der Waals surface area contributed by atoms with Gasteiger partial charge >= 0.3 is 0 Å². The van der Waals surface area contributed by atoms with Crippen molar-refractivity contribution < 1.29 is 9.18 Å². The number of piperidine rings is 1. The number of aryl methyl sites for hydroxylation is 2. The van der Waals surface area contributed by atoms with Crippen LogP contribution in [0.4, 0.5) is 9.52 Å². The van der Waals surface area contributed by atoms with Crippen LogP contribution in [-0.2, 0) is 4.79 Å². The van der Waals surface area contributed by atoms with E-state index in [-0.39, 0.29) is 12.8 Å². The number of carbonyl (C=O) groups excluding carboxylic acids is 1. The molecule has 0 spiro atoms. The van der Waals surface area contributed by atoms with Crippen LogP contribution in [0, 0.1) is 13.8 Å². The molecule has 0 bridgehead atoms. The maximum Gasteiger partial charge on any atom is 0.263 e. The average molecular weight is 399 g/mol. The number of likely N-dealkylation sites (tertiary alicyclic amines) is 1. The number of aromatic nitrogens is 3. The van der Waals surface area contributed by atoms with Crippen LogP contribution in [-0.4, -0.2) is 51.8 Å². The van der Waals surface area contributed by atoms with E-state index in [9.17, 15) is 9.18 Å². The van der Waals surface area contributed by atoms with Crippen LogP contribution in [0.5, 0.6) is 0 Å². The van der Waals surface area contributed by atoms with Gasteiger partial charge in [-0.2, -0.15) is 10.2 Å². The van der Waals surface area contributed by atoms with Gasteiger partial charge in [-0.15, -0.1) is 0 Å². The number of hydrogen-bond donors (Lipinski definition) is 1. The SMILES string of the molecule is Cc1nnc2ccc(-c3cnc(NC(=O)C4(F)CCN(C)CC4)s3)cc2c1C. The molecule has 0 aliphatic carbocycles. The number of benzene rings is 1. The van der Waals surface area contributed by atoms with Gasteiger partial charge in [0, 0.05) is 37.5 Å². The summed E-state index contributed by atoms with van der Waals surface area (Å²) in [6.45, 7) is 5.11. The molecule has 4 rings (SSSR count). The summed E-state index contributed by atoms with van der Waals surface area (Å²) in [7, 11) is 1.93. The molecule has 0 radical (unpaired) electrons. The van der Waals surface area contributed by atoms with Gasteiger partial charge in [0.15, 0.2) is 10.8 Å². The second-order valence-corrected chi connectivity index (χ2v) is 8.43. The summed E-state index contributed by atoms with van der Waals surface area (Å²) in [4.78, 5) is 19.7. The van der Waals surface area contributed by atoms with Crippen molar-refractivity contribution >= 4 is 33.3 Å². The maximum absolute atomic E-state index is 14.9. The molecule has 0 saturated carbocycles. The lowest BCUT2D eigenvalue weighted by atomic mass is 9.93. The van der Waals surface area contributed by atoms with Crippen molar-refractivity contribution in [1.82, 2.24) is 20.1 Å². The molecule has 1 saturated heterocycles. The van der Waals surface area contributed by atoms with Crippen LogP contribution < -0.4 is 5.32 Å². The number of thiazole rings is 1. The molecule has 3 heterocycles. The van der Waals surface area contributed by atoms with Gasteiger partial charge in [-0.05, 0) is 44.2 Å². The predicted octanol–water partition coefficient (Wildman–Crippen LogP) is 3.74. The van der Waals surface area contributed by atoms with Crippen LogP contribution in [0.15, 0.2) is 24.4 Å². The Hall–Kier alpha value is -2.45. The molecule has 6 nitrogen and oxygen atoms in total. The number of alkyl halides is 1. The number of carbonyl (C=O) groups is 1. The Kier molecular flexibility index (Phi) is 4.84. The molecule has 28 heavy (non-hydrogen) atoms. The fourth-order valence-corrected chi connectivity index (χ4v) is 4.16. The van der Waals surface area contributed by atoms with Gasteiger partial charge < -0.3 is 4.90 Å². The molecule has 2 aromatic heterocycles. The van der Waals surface area contributed by atoms with Crippen LogP contribution in [0.25, 0.3) is 21.3 Å². The normalized spacial score (nSPS) is 17.0. The van der Waals surface area contributed by atoms with Crippen LogP contribution >= 0.6 is 11.3 Å². The van der Waals surface area contributed by atoms with Crippen LogP contribution in [0.3, 0.4) is 0 Å². The van der Waals surface area contributed by atoms with Crippen LogP contribution in [0.1, 0.15) is 24.1 Å². The van der Waals surface area contributed by atoms with Gasteiger partial charge in [0.1, 0.15) is 0 Å². The second kappa shape index (κ2) is 7.18. The maximum atomic E-state index is 14.9. The minimum absolute atomic E-state index is 0.206. The molecule has 146 valence electrons. The molecule has 0 unspecified atom stereocenters. The van der Waals surface area contributed by atoms with Crippen molar-refractivity contribution in [1.29, 1.82) is 0 Å². The first kappa shape index (κ1) is 18.9. The average Bonchev–Trinajstić information content (AvgIpc) is 3.15. The number of hydrogen-bond acceptors (Lipinski definition) is 6. The topological polar surface area (TPSA) is 71.0 Å². The highest BCUT2D eigenvalue weighted by molar-refractivity contribution is 7.19. The van der Waals surface area contributed by atoms with Crippen molar-refractivity contribution in [3.05, 3.63) is 35.7 Å². The summed E-state index contributed by atoms with van der Waals surface area (Å²) >= 11 is 1.34. The third-order valence-electron chi connectivity index (χ3n) is 5.45. The molecule has 0 atom stereocenters. The summed E-state index contributed by atoms with van der Waals surface area (Å²) in [5, 5.41) is 12.5. The molecule has 1 fully saturated rings. The highest BCUT2D eigenvalue weighted by Gasteiger charge is 2.41. The van der Waals surface area contributed by atoms with Crippen molar-refractivity contribution in [3.63, 3.8) is 0 Å². The Bertz CT molecular complexity index is 1040. The number of anilines is 1. The van der Waals surface area contributed by atoms with E-state index in [0.29, 0.717) is 18.2 Å². The zero-order chi connectivity index (χ0) is 19.9.